The van der Waals surface area contributed by atoms with Gasteiger partial charge in [0.15, 0.2) is 0 Å². The SMILES string of the molecule is CCC(c1nc2ccccc2c(=O)n1C)N(CCOC)C(=O)Nc1ccccc1C. The number of aromatic nitrogens is 2. The summed E-state index contributed by atoms with van der Waals surface area (Å²) >= 11 is 0. The second-order valence-corrected chi connectivity index (χ2v) is 7.21. The number of anilines is 1. The number of rotatable bonds is 7. The van der Waals surface area contributed by atoms with Crippen molar-refractivity contribution in [3.63, 3.8) is 0 Å². The molecule has 0 aliphatic heterocycles. The summed E-state index contributed by atoms with van der Waals surface area (Å²) in [5, 5.41) is 3.55. The standard InChI is InChI=1S/C23H28N4O3/c1-5-20(21-24-19-13-9-7-11-17(19)22(28)26(21)3)27(14-15-30-4)23(29)25-18-12-8-6-10-16(18)2/h6-13,20H,5,14-15H2,1-4H3,(H,25,29). The molecular formula is C23H28N4O3. The summed E-state index contributed by atoms with van der Waals surface area (Å²) in [5.41, 5.74) is 2.22. The second kappa shape index (κ2) is 9.54. The summed E-state index contributed by atoms with van der Waals surface area (Å²) < 4.78 is 6.78. The van der Waals surface area contributed by atoms with Crippen molar-refractivity contribution in [3.05, 3.63) is 70.3 Å². The van der Waals surface area contributed by atoms with Crippen molar-refractivity contribution in [2.45, 2.75) is 26.3 Å². The van der Waals surface area contributed by atoms with Gasteiger partial charge in [0.1, 0.15) is 5.82 Å². The van der Waals surface area contributed by atoms with E-state index in [2.05, 4.69) is 5.32 Å². The molecule has 1 N–H and O–H groups in total. The molecule has 0 spiro atoms. The summed E-state index contributed by atoms with van der Waals surface area (Å²) in [6.45, 7) is 4.67. The zero-order chi connectivity index (χ0) is 21.7. The first-order chi connectivity index (χ1) is 14.5. The predicted octanol–water partition coefficient (Wildman–Crippen LogP) is 3.87. The fraction of sp³-hybridized carbons (Fsp3) is 0.348. The zero-order valence-electron chi connectivity index (χ0n) is 17.9. The van der Waals surface area contributed by atoms with Crippen LogP contribution in [-0.2, 0) is 11.8 Å². The Kier molecular flexibility index (Phi) is 6.84. The number of para-hydroxylation sites is 2. The quantitative estimate of drug-likeness (QED) is 0.644. The third-order valence-corrected chi connectivity index (χ3v) is 5.26. The minimum absolute atomic E-state index is 0.125. The van der Waals surface area contributed by atoms with Crippen LogP contribution in [0.1, 0.15) is 30.8 Å². The number of carbonyl (C=O) groups is 1. The Morgan fingerprint density at radius 3 is 2.60 bits per heavy atom. The maximum absolute atomic E-state index is 13.2. The lowest BCUT2D eigenvalue weighted by atomic mass is 10.1. The van der Waals surface area contributed by atoms with Crippen LogP contribution in [0.3, 0.4) is 0 Å². The number of benzene rings is 2. The molecule has 1 unspecified atom stereocenters. The Balaban J connectivity index is 2.02. The second-order valence-electron chi connectivity index (χ2n) is 7.21. The van der Waals surface area contributed by atoms with Crippen LogP contribution in [-0.4, -0.2) is 40.7 Å². The van der Waals surface area contributed by atoms with Crippen LogP contribution < -0.4 is 10.9 Å². The van der Waals surface area contributed by atoms with Crippen LogP contribution in [0.2, 0.25) is 0 Å². The van der Waals surface area contributed by atoms with Crippen molar-refractivity contribution in [1.29, 1.82) is 0 Å². The average Bonchev–Trinajstić information content (AvgIpc) is 2.75. The summed E-state index contributed by atoms with van der Waals surface area (Å²) in [7, 11) is 3.30. The molecule has 3 rings (SSSR count). The molecule has 2 amide bonds. The first-order valence-electron chi connectivity index (χ1n) is 10.1. The first kappa shape index (κ1) is 21.5. The number of aryl methyl sites for hydroxylation is 1. The molecular weight excluding hydrogens is 380 g/mol. The van der Waals surface area contributed by atoms with Gasteiger partial charge in [0, 0.05) is 26.4 Å². The average molecular weight is 409 g/mol. The van der Waals surface area contributed by atoms with E-state index in [9.17, 15) is 9.59 Å². The van der Waals surface area contributed by atoms with Gasteiger partial charge in [-0.3, -0.25) is 9.36 Å². The number of nitrogens with one attached hydrogen (secondary N) is 1. The molecule has 7 heteroatoms. The van der Waals surface area contributed by atoms with Crippen molar-refractivity contribution < 1.29 is 9.53 Å². The molecule has 2 aromatic carbocycles. The predicted molar refractivity (Wildman–Crippen MR) is 119 cm³/mol. The molecule has 1 heterocycles. The van der Waals surface area contributed by atoms with Crippen LogP contribution in [0.15, 0.2) is 53.3 Å². The van der Waals surface area contributed by atoms with Crippen LogP contribution in [0.25, 0.3) is 10.9 Å². The minimum Gasteiger partial charge on any atom is -0.383 e. The third kappa shape index (κ3) is 4.36. The van der Waals surface area contributed by atoms with E-state index < -0.39 is 0 Å². The van der Waals surface area contributed by atoms with E-state index >= 15 is 0 Å². The highest BCUT2D eigenvalue weighted by atomic mass is 16.5. The van der Waals surface area contributed by atoms with Gasteiger partial charge in [-0.05, 0) is 37.1 Å². The topological polar surface area (TPSA) is 76.5 Å². The van der Waals surface area contributed by atoms with E-state index in [0.717, 1.165) is 11.3 Å². The zero-order valence-corrected chi connectivity index (χ0v) is 17.9. The smallest absolute Gasteiger partial charge is 0.322 e. The van der Waals surface area contributed by atoms with Gasteiger partial charge in [-0.15, -0.1) is 0 Å². The lowest BCUT2D eigenvalue weighted by molar-refractivity contribution is 0.131. The highest BCUT2D eigenvalue weighted by Crippen LogP contribution is 2.25. The summed E-state index contributed by atoms with van der Waals surface area (Å²) in [4.78, 5) is 32.6. The molecule has 0 bridgehead atoms. The van der Waals surface area contributed by atoms with E-state index in [1.165, 1.54) is 4.57 Å². The van der Waals surface area contributed by atoms with Gasteiger partial charge in [-0.2, -0.15) is 0 Å². The molecule has 3 aromatic rings. The largest absolute Gasteiger partial charge is 0.383 e. The van der Waals surface area contributed by atoms with Crippen molar-refractivity contribution >= 4 is 22.6 Å². The molecule has 1 aromatic heterocycles. The van der Waals surface area contributed by atoms with Crippen LogP contribution in [0.4, 0.5) is 10.5 Å². The van der Waals surface area contributed by atoms with Gasteiger partial charge in [0.05, 0.1) is 23.6 Å². The van der Waals surface area contributed by atoms with Gasteiger partial charge in [0.25, 0.3) is 5.56 Å². The Bertz CT molecular complexity index is 1090. The maximum atomic E-state index is 13.2. The van der Waals surface area contributed by atoms with Gasteiger partial charge in [-0.1, -0.05) is 37.3 Å². The van der Waals surface area contributed by atoms with E-state index in [1.54, 1.807) is 25.1 Å². The van der Waals surface area contributed by atoms with Crippen molar-refractivity contribution in [2.75, 3.05) is 25.6 Å². The third-order valence-electron chi connectivity index (χ3n) is 5.26. The van der Waals surface area contributed by atoms with Gasteiger partial charge >= 0.3 is 6.03 Å². The molecule has 0 aliphatic carbocycles. The number of hydrogen-bond acceptors (Lipinski definition) is 4. The molecule has 0 aliphatic rings. The molecule has 158 valence electrons. The van der Waals surface area contributed by atoms with Crippen LogP contribution in [0.5, 0.6) is 0 Å². The Morgan fingerprint density at radius 2 is 1.90 bits per heavy atom. The number of fused-ring (bicyclic) bond motifs is 1. The fourth-order valence-corrected chi connectivity index (χ4v) is 3.56. The molecule has 0 fully saturated rings. The highest BCUT2D eigenvalue weighted by molar-refractivity contribution is 5.90. The molecule has 0 saturated heterocycles. The van der Waals surface area contributed by atoms with E-state index in [1.807, 2.05) is 56.3 Å². The van der Waals surface area contributed by atoms with Gasteiger partial charge in [-0.25, -0.2) is 9.78 Å². The molecule has 1 atom stereocenters. The molecule has 7 nitrogen and oxygen atoms in total. The Morgan fingerprint density at radius 1 is 1.20 bits per heavy atom. The number of hydrogen-bond donors (Lipinski definition) is 1. The number of amides is 2. The van der Waals surface area contributed by atoms with Crippen LogP contribution in [0, 0.1) is 6.92 Å². The molecule has 0 saturated carbocycles. The summed E-state index contributed by atoms with van der Waals surface area (Å²) in [5.74, 6) is 0.553. The monoisotopic (exact) mass is 408 g/mol. The van der Waals surface area contributed by atoms with Crippen molar-refractivity contribution in [2.24, 2.45) is 7.05 Å². The van der Waals surface area contributed by atoms with Gasteiger partial charge < -0.3 is 15.0 Å². The van der Waals surface area contributed by atoms with E-state index in [0.29, 0.717) is 36.3 Å². The summed E-state index contributed by atoms with van der Waals surface area (Å²) in [6.07, 6.45) is 0.601. The van der Waals surface area contributed by atoms with E-state index in [4.69, 9.17) is 9.72 Å². The number of ether oxygens (including phenoxy) is 1. The molecule has 30 heavy (non-hydrogen) atoms. The number of carbonyl (C=O) groups excluding carboxylic acids is 1. The lowest BCUT2D eigenvalue weighted by Gasteiger charge is -2.32. The lowest BCUT2D eigenvalue weighted by Crippen LogP contribution is -2.42. The number of methoxy groups -OCH3 is 1. The van der Waals surface area contributed by atoms with Gasteiger partial charge in [0.2, 0.25) is 0 Å². The molecule has 0 radical (unpaired) electrons. The normalized spacial score (nSPS) is 12.0. The Hall–Kier alpha value is -3.19. The van der Waals surface area contributed by atoms with E-state index in [-0.39, 0.29) is 17.6 Å². The highest BCUT2D eigenvalue weighted by Gasteiger charge is 2.28. The number of urea groups is 1. The summed E-state index contributed by atoms with van der Waals surface area (Å²) in [6, 6.07) is 14.2. The Labute approximate surface area is 176 Å². The van der Waals surface area contributed by atoms with Crippen molar-refractivity contribution in [1.82, 2.24) is 14.5 Å². The first-order valence-corrected chi connectivity index (χ1v) is 10.1. The fourth-order valence-electron chi connectivity index (χ4n) is 3.56. The number of nitrogens with zero attached hydrogens (tertiary/aromatic N) is 3. The maximum Gasteiger partial charge on any atom is 0.322 e. The minimum atomic E-state index is -0.383. The van der Waals surface area contributed by atoms with Crippen molar-refractivity contribution in [3.8, 4) is 0 Å². The van der Waals surface area contributed by atoms with Crippen LogP contribution >= 0.6 is 0 Å².